The van der Waals surface area contributed by atoms with E-state index in [0.29, 0.717) is 26.7 Å². The van der Waals surface area contributed by atoms with E-state index in [0.717, 1.165) is 0 Å². The number of carbonyl (C=O) groups is 1. The molecule has 106 valence electrons. The van der Waals surface area contributed by atoms with Crippen molar-refractivity contribution < 1.29 is 4.79 Å². The summed E-state index contributed by atoms with van der Waals surface area (Å²) in [7, 11) is 0. The highest BCUT2D eigenvalue weighted by Crippen LogP contribution is 2.31. The van der Waals surface area contributed by atoms with E-state index < -0.39 is 0 Å². The van der Waals surface area contributed by atoms with Crippen LogP contribution in [-0.2, 0) is 4.79 Å². The number of nitrogens with one attached hydrogen (secondary N) is 2. The van der Waals surface area contributed by atoms with Crippen LogP contribution in [0.25, 0.3) is 0 Å². The van der Waals surface area contributed by atoms with Crippen LogP contribution < -0.4 is 10.6 Å². The maximum absolute atomic E-state index is 11.7. The van der Waals surface area contributed by atoms with Crippen LogP contribution in [0.15, 0.2) is 12.1 Å². The molecule has 0 aliphatic carbocycles. The van der Waals surface area contributed by atoms with Crippen molar-refractivity contribution in [3.05, 3.63) is 27.2 Å². The van der Waals surface area contributed by atoms with Gasteiger partial charge in [0.1, 0.15) is 0 Å². The van der Waals surface area contributed by atoms with Gasteiger partial charge in [-0.3, -0.25) is 4.79 Å². The Hall–Kier alpha value is -0.640. The summed E-state index contributed by atoms with van der Waals surface area (Å²) in [5.41, 5.74) is 0.586. The molecule has 2 N–H and O–H groups in total. The van der Waals surface area contributed by atoms with Crippen molar-refractivity contribution in [1.82, 2.24) is 5.32 Å². The zero-order chi connectivity index (χ0) is 14.6. The lowest BCUT2D eigenvalue weighted by Crippen LogP contribution is -2.39. The molecule has 0 spiro atoms. The molecule has 0 heterocycles. The number of hydrogen-bond donors (Lipinski definition) is 2. The van der Waals surface area contributed by atoms with Crippen LogP contribution >= 0.6 is 34.8 Å². The number of halogens is 3. The van der Waals surface area contributed by atoms with Gasteiger partial charge in [-0.15, -0.1) is 0 Å². The van der Waals surface area contributed by atoms with E-state index in [1.807, 2.05) is 20.8 Å². The Balaban J connectivity index is 2.58. The molecule has 1 unspecified atom stereocenters. The van der Waals surface area contributed by atoms with E-state index >= 15 is 0 Å². The second-order valence-electron chi connectivity index (χ2n) is 4.70. The Kier molecular flexibility index (Phi) is 6.24. The summed E-state index contributed by atoms with van der Waals surface area (Å²) in [5, 5.41) is 7.04. The second-order valence-corrected chi connectivity index (χ2v) is 5.92. The highest BCUT2D eigenvalue weighted by atomic mass is 35.5. The minimum atomic E-state index is -0.0941. The van der Waals surface area contributed by atoms with Crippen molar-refractivity contribution in [2.45, 2.75) is 26.8 Å². The summed E-state index contributed by atoms with van der Waals surface area (Å²) in [6.45, 7) is 6.20. The molecule has 0 aromatic heterocycles. The predicted octanol–water partition coefficient (Wildman–Crippen LogP) is 4.22. The van der Waals surface area contributed by atoms with Gasteiger partial charge in [0.05, 0.1) is 27.3 Å². The van der Waals surface area contributed by atoms with Gasteiger partial charge < -0.3 is 10.6 Å². The number of amides is 1. The van der Waals surface area contributed by atoms with Crippen LogP contribution in [0.3, 0.4) is 0 Å². The zero-order valence-corrected chi connectivity index (χ0v) is 13.3. The lowest BCUT2D eigenvalue weighted by atomic mass is 10.1. The smallest absolute Gasteiger partial charge is 0.239 e. The Morgan fingerprint density at radius 1 is 1.11 bits per heavy atom. The van der Waals surface area contributed by atoms with Gasteiger partial charge in [-0.1, -0.05) is 48.7 Å². The molecule has 0 fully saturated rings. The first kappa shape index (κ1) is 16.4. The second kappa shape index (κ2) is 7.22. The molecule has 0 aliphatic rings. The number of rotatable bonds is 5. The molecule has 1 aromatic rings. The molecule has 0 saturated carbocycles. The van der Waals surface area contributed by atoms with Crippen LogP contribution in [-0.4, -0.2) is 18.5 Å². The van der Waals surface area contributed by atoms with E-state index in [4.69, 9.17) is 34.8 Å². The van der Waals surface area contributed by atoms with Gasteiger partial charge in [0.2, 0.25) is 5.91 Å². The molecule has 0 bridgehead atoms. The maximum atomic E-state index is 11.7. The number of benzene rings is 1. The molecule has 1 atom stereocenters. The van der Waals surface area contributed by atoms with Gasteiger partial charge >= 0.3 is 0 Å². The van der Waals surface area contributed by atoms with E-state index in [2.05, 4.69) is 10.6 Å². The predicted molar refractivity (Wildman–Crippen MR) is 82.4 cm³/mol. The first-order valence-electron chi connectivity index (χ1n) is 5.99. The van der Waals surface area contributed by atoms with E-state index in [1.165, 1.54) is 0 Å². The quantitative estimate of drug-likeness (QED) is 0.797. The van der Waals surface area contributed by atoms with Gasteiger partial charge in [0, 0.05) is 6.04 Å². The molecule has 1 amide bonds. The highest BCUT2D eigenvalue weighted by Gasteiger charge is 2.11. The van der Waals surface area contributed by atoms with Gasteiger partial charge in [0.25, 0.3) is 0 Å². The van der Waals surface area contributed by atoms with Gasteiger partial charge in [0.15, 0.2) is 0 Å². The van der Waals surface area contributed by atoms with Crippen LogP contribution in [0.4, 0.5) is 5.69 Å². The first-order chi connectivity index (χ1) is 8.81. The summed E-state index contributed by atoms with van der Waals surface area (Å²) in [4.78, 5) is 11.7. The Labute approximate surface area is 128 Å². The summed E-state index contributed by atoms with van der Waals surface area (Å²) in [6.07, 6.45) is 0. The molecular weight excluding hydrogens is 307 g/mol. The molecule has 0 saturated heterocycles. The molecule has 6 heteroatoms. The summed E-state index contributed by atoms with van der Waals surface area (Å²) >= 11 is 17.7. The maximum Gasteiger partial charge on any atom is 0.239 e. The van der Waals surface area contributed by atoms with E-state index in [-0.39, 0.29) is 18.5 Å². The Bertz CT molecular complexity index is 463. The molecule has 0 radical (unpaired) electrons. The highest BCUT2D eigenvalue weighted by molar-refractivity contribution is 6.44. The van der Waals surface area contributed by atoms with Crippen molar-refractivity contribution in [1.29, 1.82) is 0 Å². The third-order valence-corrected chi connectivity index (χ3v) is 3.87. The number of hydrogen-bond acceptors (Lipinski definition) is 2. The minimum absolute atomic E-state index is 0.0941. The molecular formula is C13H17Cl3N2O. The molecule has 19 heavy (non-hydrogen) atoms. The van der Waals surface area contributed by atoms with Crippen molar-refractivity contribution >= 4 is 46.4 Å². The van der Waals surface area contributed by atoms with Crippen LogP contribution in [0.2, 0.25) is 15.1 Å². The number of anilines is 1. The van der Waals surface area contributed by atoms with E-state index in [1.54, 1.807) is 12.1 Å². The SMILES string of the molecule is CC(C)C(C)NC(=O)CNc1cc(Cl)c(Cl)cc1Cl. The normalized spacial score (nSPS) is 12.4. The van der Waals surface area contributed by atoms with Crippen molar-refractivity contribution in [2.24, 2.45) is 5.92 Å². The van der Waals surface area contributed by atoms with Gasteiger partial charge in [-0.25, -0.2) is 0 Å². The fourth-order valence-electron chi connectivity index (χ4n) is 1.31. The van der Waals surface area contributed by atoms with Crippen LogP contribution in [0.1, 0.15) is 20.8 Å². The monoisotopic (exact) mass is 322 g/mol. The number of carbonyl (C=O) groups excluding carboxylic acids is 1. The summed E-state index contributed by atoms with van der Waals surface area (Å²) in [5.74, 6) is 0.292. The fraction of sp³-hybridized carbons (Fsp3) is 0.462. The van der Waals surface area contributed by atoms with Crippen molar-refractivity contribution in [2.75, 3.05) is 11.9 Å². The van der Waals surface area contributed by atoms with E-state index in [9.17, 15) is 4.79 Å². The lowest BCUT2D eigenvalue weighted by molar-refractivity contribution is -0.120. The minimum Gasteiger partial charge on any atom is -0.375 e. The standard InChI is InChI=1S/C13H17Cl3N2O/c1-7(2)8(3)18-13(19)6-17-12-5-10(15)9(14)4-11(12)16/h4-5,7-8,17H,6H2,1-3H3,(H,18,19). The zero-order valence-electron chi connectivity index (χ0n) is 11.1. The van der Waals surface area contributed by atoms with Gasteiger partial charge in [-0.2, -0.15) is 0 Å². The molecule has 1 aromatic carbocycles. The third kappa shape index (κ3) is 5.09. The molecule has 0 aliphatic heterocycles. The lowest BCUT2D eigenvalue weighted by Gasteiger charge is -2.18. The van der Waals surface area contributed by atoms with Crippen molar-refractivity contribution in [3.8, 4) is 0 Å². The molecule has 1 rings (SSSR count). The van der Waals surface area contributed by atoms with Gasteiger partial charge in [-0.05, 0) is 25.0 Å². The molecule has 3 nitrogen and oxygen atoms in total. The summed E-state index contributed by atoms with van der Waals surface area (Å²) in [6, 6.07) is 3.27. The van der Waals surface area contributed by atoms with Crippen LogP contribution in [0.5, 0.6) is 0 Å². The van der Waals surface area contributed by atoms with Crippen molar-refractivity contribution in [3.63, 3.8) is 0 Å². The topological polar surface area (TPSA) is 41.1 Å². The third-order valence-electron chi connectivity index (χ3n) is 2.84. The first-order valence-corrected chi connectivity index (χ1v) is 7.12. The summed E-state index contributed by atoms with van der Waals surface area (Å²) < 4.78 is 0. The Morgan fingerprint density at radius 2 is 1.68 bits per heavy atom. The largest absolute Gasteiger partial charge is 0.375 e. The average Bonchev–Trinajstić information content (AvgIpc) is 2.32. The average molecular weight is 324 g/mol. The van der Waals surface area contributed by atoms with Crippen LogP contribution in [0, 0.1) is 5.92 Å². The fourth-order valence-corrected chi connectivity index (χ4v) is 1.92. The Morgan fingerprint density at radius 3 is 2.26 bits per heavy atom.